The van der Waals surface area contributed by atoms with E-state index in [2.05, 4.69) is 15.5 Å². The van der Waals surface area contributed by atoms with Gasteiger partial charge in [-0.3, -0.25) is 9.69 Å². The number of carbonyl (C=O) groups is 1. The Morgan fingerprint density at radius 1 is 1.58 bits per heavy atom. The SMILES string of the molecule is CNC(=O)CN1CC(c2nc(-c3ccco3)no2)C1. The molecule has 19 heavy (non-hydrogen) atoms. The molecule has 0 saturated carbocycles. The highest BCUT2D eigenvalue weighted by atomic mass is 16.5. The standard InChI is InChI=1S/C12H14N4O3/c1-13-10(17)7-16-5-8(6-16)12-14-11(15-19-12)9-3-2-4-18-9/h2-4,8H,5-7H2,1H3,(H,13,17). The average Bonchev–Trinajstić information content (AvgIpc) is 3.02. The molecule has 7 heteroatoms. The van der Waals surface area contributed by atoms with Crippen molar-refractivity contribution in [3.05, 3.63) is 24.3 Å². The summed E-state index contributed by atoms with van der Waals surface area (Å²) in [5, 5.41) is 6.48. The van der Waals surface area contributed by atoms with Gasteiger partial charge in [0.05, 0.1) is 18.7 Å². The monoisotopic (exact) mass is 262 g/mol. The van der Waals surface area contributed by atoms with Crippen molar-refractivity contribution in [1.29, 1.82) is 0 Å². The van der Waals surface area contributed by atoms with E-state index in [9.17, 15) is 4.79 Å². The van der Waals surface area contributed by atoms with Gasteiger partial charge in [0, 0.05) is 20.1 Å². The highest BCUT2D eigenvalue weighted by molar-refractivity contribution is 5.77. The molecule has 3 heterocycles. The molecule has 0 aliphatic carbocycles. The van der Waals surface area contributed by atoms with Crippen LogP contribution in [0.25, 0.3) is 11.6 Å². The van der Waals surface area contributed by atoms with Gasteiger partial charge in [-0.2, -0.15) is 4.98 Å². The van der Waals surface area contributed by atoms with E-state index < -0.39 is 0 Å². The zero-order valence-electron chi connectivity index (χ0n) is 10.5. The zero-order chi connectivity index (χ0) is 13.2. The molecule has 2 aromatic rings. The van der Waals surface area contributed by atoms with Crippen LogP contribution in [-0.2, 0) is 4.79 Å². The van der Waals surface area contributed by atoms with Gasteiger partial charge >= 0.3 is 0 Å². The number of amides is 1. The molecule has 0 radical (unpaired) electrons. The Morgan fingerprint density at radius 3 is 3.11 bits per heavy atom. The normalized spacial score (nSPS) is 16.3. The molecule has 0 bridgehead atoms. The van der Waals surface area contributed by atoms with Crippen LogP contribution in [0.5, 0.6) is 0 Å². The first-order chi connectivity index (χ1) is 9.26. The third kappa shape index (κ3) is 2.37. The summed E-state index contributed by atoms with van der Waals surface area (Å²) in [6.45, 7) is 1.92. The number of furan rings is 1. The molecule has 0 aromatic carbocycles. The fourth-order valence-electron chi connectivity index (χ4n) is 2.04. The van der Waals surface area contributed by atoms with Crippen LogP contribution in [-0.4, -0.2) is 47.6 Å². The number of nitrogens with one attached hydrogen (secondary N) is 1. The Kier molecular flexibility index (Phi) is 3.04. The third-order valence-corrected chi connectivity index (χ3v) is 3.14. The van der Waals surface area contributed by atoms with Crippen LogP contribution in [0.15, 0.2) is 27.3 Å². The lowest BCUT2D eigenvalue weighted by atomic mass is 10.0. The van der Waals surface area contributed by atoms with E-state index in [1.807, 2.05) is 4.90 Å². The highest BCUT2D eigenvalue weighted by Gasteiger charge is 2.33. The molecule has 1 fully saturated rings. The van der Waals surface area contributed by atoms with Crippen molar-refractivity contribution < 1.29 is 13.7 Å². The van der Waals surface area contributed by atoms with E-state index >= 15 is 0 Å². The van der Waals surface area contributed by atoms with Crippen LogP contribution < -0.4 is 5.32 Å². The second kappa shape index (κ2) is 4.85. The Hall–Kier alpha value is -2.15. The lowest BCUT2D eigenvalue weighted by molar-refractivity contribution is -0.122. The van der Waals surface area contributed by atoms with Gasteiger partial charge in [0.1, 0.15) is 0 Å². The van der Waals surface area contributed by atoms with E-state index in [1.165, 1.54) is 0 Å². The van der Waals surface area contributed by atoms with Crippen molar-refractivity contribution in [1.82, 2.24) is 20.4 Å². The Labute approximate surface area is 109 Å². The molecule has 3 rings (SSSR count). The lowest BCUT2D eigenvalue weighted by Gasteiger charge is -2.36. The second-order valence-electron chi connectivity index (χ2n) is 4.50. The van der Waals surface area contributed by atoms with E-state index in [1.54, 1.807) is 25.4 Å². The Bertz CT molecular complexity index is 557. The molecule has 1 amide bonds. The zero-order valence-corrected chi connectivity index (χ0v) is 10.5. The van der Waals surface area contributed by atoms with E-state index in [0.29, 0.717) is 24.0 Å². The van der Waals surface area contributed by atoms with Crippen molar-refractivity contribution in [3.8, 4) is 11.6 Å². The van der Waals surface area contributed by atoms with Crippen LogP contribution in [0.3, 0.4) is 0 Å². The molecule has 100 valence electrons. The van der Waals surface area contributed by atoms with E-state index in [0.717, 1.165) is 13.1 Å². The first-order valence-corrected chi connectivity index (χ1v) is 6.06. The fourth-order valence-corrected chi connectivity index (χ4v) is 2.04. The number of nitrogens with zero attached hydrogens (tertiary/aromatic N) is 3. The van der Waals surface area contributed by atoms with Crippen LogP contribution in [0.1, 0.15) is 11.8 Å². The van der Waals surface area contributed by atoms with Crippen LogP contribution in [0, 0.1) is 0 Å². The van der Waals surface area contributed by atoms with Gasteiger partial charge in [-0.1, -0.05) is 5.16 Å². The van der Waals surface area contributed by atoms with Gasteiger partial charge in [0.25, 0.3) is 0 Å². The number of aromatic nitrogens is 2. The first-order valence-electron chi connectivity index (χ1n) is 6.06. The smallest absolute Gasteiger partial charge is 0.238 e. The summed E-state index contributed by atoms with van der Waals surface area (Å²) in [6, 6.07) is 3.56. The summed E-state index contributed by atoms with van der Waals surface area (Å²) >= 11 is 0. The molecule has 2 aromatic heterocycles. The highest BCUT2D eigenvalue weighted by Crippen LogP contribution is 2.27. The molecule has 0 spiro atoms. The summed E-state index contributed by atoms with van der Waals surface area (Å²) in [4.78, 5) is 17.5. The summed E-state index contributed by atoms with van der Waals surface area (Å²) in [5.74, 6) is 1.86. The molecule has 0 unspecified atom stereocenters. The number of rotatable bonds is 4. The van der Waals surface area contributed by atoms with Crippen LogP contribution >= 0.6 is 0 Å². The third-order valence-electron chi connectivity index (χ3n) is 3.14. The summed E-state index contributed by atoms with van der Waals surface area (Å²) in [5.41, 5.74) is 0. The second-order valence-corrected chi connectivity index (χ2v) is 4.50. The maximum absolute atomic E-state index is 11.2. The minimum absolute atomic E-state index is 0.0141. The summed E-state index contributed by atoms with van der Waals surface area (Å²) < 4.78 is 10.4. The number of hydrogen-bond acceptors (Lipinski definition) is 6. The minimum Gasteiger partial charge on any atom is -0.461 e. The summed E-state index contributed by atoms with van der Waals surface area (Å²) in [7, 11) is 1.63. The maximum Gasteiger partial charge on any atom is 0.238 e. The molecule has 1 aliphatic rings. The quantitative estimate of drug-likeness (QED) is 0.862. The topological polar surface area (TPSA) is 84.4 Å². The molecule has 1 N–H and O–H groups in total. The van der Waals surface area contributed by atoms with Crippen molar-refractivity contribution in [2.45, 2.75) is 5.92 Å². The molecule has 1 aliphatic heterocycles. The average molecular weight is 262 g/mol. The van der Waals surface area contributed by atoms with Gasteiger partial charge in [0.15, 0.2) is 5.76 Å². The van der Waals surface area contributed by atoms with Gasteiger partial charge in [-0.05, 0) is 12.1 Å². The Balaban J connectivity index is 1.59. The van der Waals surface area contributed by atoms with Gasteiger partial charge in [-0.25, -0.2) is 0 Å². The van der Waals surface area contributed by atoms with E-state index in [-0.39, 0.29) is 11.8 Å². The molecule has 0 atom stereocenters. The molecular formula is C12H14N4O3. The van der Waals surface area contributed by atoms with Gasteiger partial charge in [-0.15, -0.1) is 0 Å². The first kappa shape index (κ1) is 11.9. The Morgan fingerprint density at radius 2 is 2.42 bits per heavy atom. The van der Waals surface area contributed by atoms with Crippen molar-refractivity contribution in [3.63, 3.8) is 0 Å². The molecular weight excluding hydrogens is 248 g/mol. The molecule has 7 nitrogen and oxygen atoms in total. The minimum atomic E-state index is 0.0141. The number of carbonyl (C=O) groups excluding carboxylic acids is 1. The lowest BCUT2D eigenvalue weighted by Crippen LogP contribution is -2.49. The number of hydrogen-bond donors (Lipinski definition) is 1. The summed E-state index contributed by atoms with van der Waals surface area (Å²) in [6.07, 6.45) is 1.57. The largest absolute Gasteiger partial charge is 0.461 e. The number of likely N-dealkylation sites (tertiary alicyclic amines) is 1. The predicted octanol–water partition coefficient (Wildman–Crippen LogP) is 0.475. The van der Waals surface area contributed by atoms with Crippen molar-refractivity contribution >= 4 is 5.91 Å². The maximum atomic E-state index is 11.2. The van der Waals surface area contributed by atoms with Crippen molar-refractivity contribution in [2.24, 2.45) is 0 Å². The van der Waals surface area contributed by atoms with Gasteiger partial charge in [0.2, 0.25) is 17.6 Å². The number of likely N-dealkylation sites (N-methyl/N-ethyl adjacent to an activating group) is 1. The van der Waals surface area contributed by atoms with Crippen molar-refractivity contribution in [2.75, 3.05) is 26.7 Å². The van der Waals surface area contributed by atoms with E-state index in [4.69, 9.17) is 8.94 Å². The van der Waals surface area contributed by atoms with Crippen LogP contribution in [0.2, 0.25) is 0 Å². The predicted molar refractivity (Wildman–Crippen MR) is 65.2 cm³/mol. The van der Waals surface area contributed by atoms with Gasteiger partial charge < -0.3 is 14.3 Å². The molecule has 1 saturated heterocycles. The van der Waals surface area contributed by atoms with Crippen LogP contribution in [0.4, 0.5) is 0 Å². The fraction of sp³-hybridized carbons (Fsp3) is 0.417.